The monoisotopic (exact) mass is 518 g/mol. The summed E-state index contributed by atoms with van der Waals surface area (Å²) in [4.78, 5) is 14.8. The zero-order valence-corrected chi connectivity index (χ0v) is 20.0. The summed E-state index contributed by atoms with van der Waals surface area (Å²) < 4.78 is 79.0. The van der Waals surface area contributed by atoms with Crippen molar-refractivity contribution in [3.05, 3.63) is 29.3 Å². The van der Waals surface area contributed by atoms with Gasteiger partial charge in [0.05, 0.1) is 17.2 Å². The third-order valence-electron chi connectivity index (χ3n) is 7.49. The lowest BCUT2D eigenvalue weighted by molar-refractivity contribution is -0.143. The van der Waals surface area contributed by atoms with E-state index in [1.165, 1.54) is 0 Å². The maximum Gasteiger partial charge on any atom is 0.416 e. The molecule has 1 aliphatic carbocycles. The number of primary amides is 1. The van der Waals surface area contributed by atoms with Crippen molar-refractivity contribution in [2.75, 3.05) is 37.6 Å². The molecule has 0 aromatic heterocycles. The first kappa shape index (κ1) is 28.1. The Balaban J connectivity index is 1.48. The fourth-order valence-corrected chi connectivity index (χ4v) is 5.30. The molecule has 2 N–H and O–H groups in total. The summed E-state index contributed by atoms with van der Waals surface area (Å²) >= 11 is 0. The van der Waals surface area contributed by atoms with Gasteiger partial charge >= 0.3 is 12.4 Å². The van der Waals surface area contributed by atoms with E-state index in [9.17, 15) is 36.4 Å². The van der Waals surface area contributed by atoms with Gasteiger partial charge in [0.2, 0.25) is 5.91 Å². The molecule has 1 unspecified atom stereocenters. The quantitative estimate of drug-likeness (QED) is 0.465. The van der Waals surface area contributed by atoms with Gasteiger partial charge < -0.3 is 10.6 Å². The summed E-state index contributed by atoms with van der Waals surface area (Å²) in [6.45, 7) is 2.67. The van der Waals surface area contributed by atoms with Crippen LogP contribution in [0.2, 0.25) is 0 Å². The van der Waals surface area contributed by atoms with Gasteiger partial charge in [-0.3, -0.25) is 9.69 Å². The van der Waals surface area contributed by atoms with E-state index in [1.807, 2.05) is 0 Å². The van der Waals surface area contributed by atoms with Crippen molar-refractivity contribution < 1.29 is 31.1 Å². The Morgan fingerprint density at radius 2 is 1.53 bits per heavy atom. The molecule has 3 rings (SSSR count). The highest BCUT2D eigenvalue weighted by atomic mass is 19.4. The van der Waals surface area contributed by atoms with Gasteiger partial charge in [-0.2, -0.15) is 31.6 Å². The number of hydrogen-bond donors (Lipinski definition) is 1. The molecule has 1 aromatic carbocycles. The van der Waals surface area contributed by atoms with Crippen LogP contribution in [0.1, 0.15) is 56.1 Å². The van der Waals surface area contributed by atoms with Gasteiger partial charge in [-0.05, 0) is 62.3 Å². The van der Waals surface area contributed by atoms with Crippen LogP contribution in [-0.2, 0) is 17.1 Å². The van der Waals surface area contributed by atoms with Crippen molar-refractivity contribution >= 4 is 11.6 Å². The number of nitrogens with two attached hydrogens (primary N) is 1. The van der Waals surface area contributed by atoms with E-state index < -0.39 is 29.4 Å². The SMILES string of the molecule is N#CC(CCC(N)=O)C1CCC(CCN2CCN(c3cc(C(F)(F)F)cc(C(F)(F)F)c3)CC2)CC1. The number of benzene rings is 1. The Morgan fingerprint density at radius 3 is 2.00 bits per heavy atom. The Bertz CT molecular complexity index is 894. The molecule has 0 radical (unpaired) electrons. The van der Waals surface area contributed by atoms with Gasteiger partial charge in [-0.25, -0.2) is 0 Å². The summed E-state index contributed by atoms with van der Waals surface area (Å²) in [7, 11) is 0. The Labute approximate surface area is 207 Å². The van der Waals surface area contributed by atoms with Crippen molar-refractivity contribution in [2.45, 2.75) is 57.3 Å². The lowest BCUT2D eigenvalue weighted by Crippen LogP contribution is -2.47. The molecule has 1 aromatic rings. The van der Waals surface area contributed by atoms with E-state index >= 15 is 0 Å². The highest BCUT2D eigenvalue weighted by Gasteiger charge is 2.37. The van der Waals surface area contributed by atoms with Crippen LogP contribution in [0.25, 0.3) is 0 Å². The van der Waals surface area contributed by atoms with Crippen LogP contribution < -0.4 is 10.6 Å². The maximum atomic E-state index is 13.2. The van der Waals surface area contributed by atoms with E-state index in [1.54, 1.807) is 4.90 Å². The molecular weight excluding hydrogens is 486 g/mol. The van der Waals surface area contributed by atoms with Crippen molar-refractivity contribution in [1.82, 2.24) is 4.90 Å². The third kappa shape index (κ3) is 7.76. The highest BCUT2D eigenvalue weighted by molar-refractivity contribution is 5.73. The largest absolute Gasteiger partial charge is 0.416 e. The van der Waals surface area contributed by atoms with Gasteiger partial charge in [0.1, 0.15) is 0 Å². The van der Waals surface area contributed by atoms with E-state index in [4.69, 9.17) is 5.73 Å². The number of nitriles is 1. The lowest BCUT2D eigenvalue weighted by Gasteiger charge is -2.38. The average Bonchev–Trinajstić information content (AvgIpc) is 2.82. The van der Waals surface area contributed by atoms with Crippen molar-refractivity contribution in [1.29, 1.82) is 5.26 Å². The number of anilines is 1. The minimum absolute atomic E-state index is 0.0569. The summed E-state index contributed by atoms with van der Waals surface area (Å²) in [5.74, 6) is 0.258. The molecule has 2 aliphatic rings. The molecule has 0 spiro atoms. The standard InChI is InChI=1S/C25H32F6N4O/c26-24(27,28)20-13-21(25(29,30)31)15-22(14-20)35-11-9-34(10-12-35)8-7-17-1-3-18(4-2-17)19(16-32)5-6-23(33)36/h13-15,17-19H,1-12H2,(H2,33,36). The summed E-state index contributed by atoms with van der Waals surface area (Å²) in [5.41, 5.74) is 2.56. The first-order chi connectivity index (χ1) is 16.9. The van der Waals surface area contributed by atoms with Crippen LogP contribution in [0, 0.1) is 29.1 Å². The second-order valence-corrected chi connectivity index (χ2v) is 9.90. The minimum atomic E-state index is -4.86. The van der Waals surface area contributed by atoms with Crippen LogP contribution in [0.15, 0.2) is 18.2 Å². The summed E-state index contributed by atoms with van der Waals surface area (Å²) in [6, 6.07) is 4.06. The molecule has 0 bridgehead atoms. The molecule has 1 amide bonds. The second kappa shape index (κ2) is 11.7. The number of halogens is 6. The number of alkyl halides is 6. The fraction of sp³-hybridized carbons (Fsp3) is 0.680. The van der Waals surface area contributed by atoms with Crippen LogP contribution >= 0.6 is 0 Å². The molecule has 1 heterocycles. The number of hydrogen-bond acceptors (Lipinski definition) is 4. The Hall–Kier alpha value is -2.48. The van der Waals surface area contributed by atoms with E-state index in [-0.39, 0.29) is 30.0 Å². The molecule has 2 fully saturated rings. The van der Waals surface area contributed by atoms with Gasteiger partial charge in [-0.15, -0.1) is 0 Å². The van der Waals surface area contributed by atoms with Gasteiger partial charge in [0.25, 0.3) is 0 Å². The summed E-state index contributed by atoms with van der Waals surface area (Å²) in [5, 5.41) is 9.42. The molecule has 1 saturated carbocycles. The van der Waals surface area contributed by atoms with Gasteiger partial charge in [0, 0.05) is 44.2 Å². The number of carbonyl (C=O) groups is 1. The van der Waals surface area contributed by atoms with Crippen molar-refractivity contribution in [3.8, 4) is 6.07 Å². The number of carbonyl (C=O) groups excluding carboxylic acids is 1. The predicted molar refractivity (Wildman–Crippen MR) is 123 cm³/mol. The van der Waals surface area contributed by atoms with E-state index in [0.717, 1.165) is 50.8 Å². The summed E-state index contributed by atoms with van der Waals surface area (Å²) in [6.07, 6.45) is -4.14. The number of amides is 1. The lowest BCUT2D eigenvalue weighted by atomic mass is 9.74. The molecule has 36 heavy (non-hydrogen) atoms. The second-order valence-electron chi connectivity index (χ2n) is 9.90. The van der Waals surface area contributed by atoms with E-state index in [0.29, 0.717) is 38.5 Å². The molecule has 11 heteroatoms. The molecule has 200 valence electrons. The van der Waals surface area contributed by atoms with Gasteiger partial charge in [0.15, 0.2) is 0 Å². The number of nitrogens with zero attached hydrogens (tertiary/aromatic N) is 3. The first-order valence-corrected chi connectivity index (χ1v) is 12.3. The fourth-order valence-electron chi connectivity index (χ4n) is 5.30. The zero-order valence-electron chi connectivity index (χ0n) is 20.0. The minimum Gasteiger partial charge on any atom is -0.370 e. The number of piperazine rings is 1. The van der Waals surface area contributed by atoms with E-state index in [2.05, 4.69) is 11.0 Å². The van der Waals surface area contributed by atoms with Crippen LogP contribution in [0.3, 0.4) is 0 Å². The highest BCUT2D eigenvalue weighted by Crippen LogP contribution is 2.39. The molecule has 1 saturated heterocycles. The third-order valence-corrected chi connectivity index (χ3v) is 7.49. The van der Waals surface area contributed by atoms with Crippen LogP contribution in [0.4, 0.5) is 32.0 Å². The molecule has 1 aliphatic heterocycles. The number of rotatable bonds is 8. The topological polar surface area (TPSA) is 73.4 Å². The molecule has 5 nitrogen and oxygen atoms in total. The Morgan fingerprint density at radius 1 is 0.972 bits per heavy atom. The Kier molecular flexibility index (Phi) is 9.14. The predicted octanol–water partition coefficient (Wildman–Crippen LogP) is 5.45. The van der Waals surface area contributed by atoms with Crippen LogP contribution in [-0.4, -0.2) is 43.5 Å². The molecular formula is C25H32F6N4O. The van der Waals surface area contributed by atoms with Crippen molar-refractivity contribution in [2.24, 2.45) is 23.5 Å². The average molecular weight is 519 g/mol. The zero-order chi connectivity index (χ0) is 26.5. The first-order valence-electron chi connectivity index (χ1n) is 12.3. The van der Waals surface area contributed by atoms with Crippen LogP contribution in [0.5, 0.6) is 0 Å². The van der Waals surface area contributed by atoms with Gasteiger partial charge in [-0.1, -0.05) is 12.8 Å². The normalized spacial score (nSPS) is 22.8. The maximum absolute atomic E-state index is 13.2. The smallest absolute Gasteiger partial charge is 0.370 e. The van der Waals surface area contributed by atoms with Crippen molar-refractivity contribution in [3.63, 3.8) is 0 Å². The molecule has 1 atom stereocenters.